The number of ether oxygens (including phenoxy) is 1. The van der Waals surface area contributed by atoms with E-state index in [-0.39, 0.29) is 12.5 Å². The Kier molecular flexibility index (Phi) is 5.88. The first kappa shape index (κ1) is 11.9. The summed E-state index contributed by atoms with van der Waals surface area (Å²) in [6.07, 6.45) is 0. The van der Waals surface area contributed by atoms with Crippen LogP contribution < -0.4 is 0 Å². The minimum Gasteiger partial charge on any atom is -0.480 e. The lowest BCUT2D eigenvalue weighted by Gasteiger charge is -2.17. The van der Waals surface area contributed by atoms with Gasteiger partial charge in [-0.25, -0.2) is 4.79 Å². The molecule has 0 aliphatic rings. The molecule has 0 aromatic carbocycles. The Morgan fingerprint density at radius 3 is 2.15 bits per heavy atom. The number of hydrogen-bond acceptors (Lipinski definition) is 3. The summed E-state index contributed by atoms with van der Waals surface area (Å²) < 4.78 is 4.65. The lowest BCUT2D eigenvalue weighted by molar-refractivity contribution is -0.145. The van der Waals surface area contributed by atoms with Crippen molar-refractivity contribution in [3.05, 3.63) is 0 Å². The number of likely N-dealkylation sites (N-methyl/N-ethyl adjacent to an activating group) is 1. The van der Waals surface area contributed by atoms with Gasteiger partial charge in [0.1, 0.15) is 13.2 Å². The van der Waals surface area contributed by atoms with Crippen LogP contribution in [0.15, 0.2) is 0 Å². The second kappa shape index (κ2) is 6.42. The smallest absolute Gasteiger partial charge is 0.329 e. The van der Waals surface area contributed by atoms with Gasteiger partial charge in [-0.15, -0.1) is 0 Å². The van der Waals surface area contributed by atoms with Crippen LogP contribution in [0.3, 0.4) is 0 Å². The molecule has 0 aromatic heterocycles. The molecule has 0 radical (unpaired) electrons. The number of carboxylic acid groups (broad SMARTS) is 1. The van der Waals surface area contributed by atoms with E-state index in [0.29, 0.717) is 13.1 Å². The number of rotatable bonds is 6. The third kappa shape index (κ3) is 5.19. The molecule has 0 aliphatic heterocycles. The van der Waals surface area contributed by atoms with Gasteiger partial charge in [-0.2, -0.15) is 0 Å². The van der Waals surface area contributed by atoms with Gasteiger partial charge in [0.25, 0.3) is 0 Å². The number of carbonyl (C=O) groups is 2. The van der Waals surface area contributed by atoms with E-state index < -0.39 is 12.6 Å². The van der Waals surface area contributed by atoms with E-state index in [1.807, 2.05) is 13.8 Å². The first-order valence-corrected chi connectivity index (χ1v) is 4.19. The van der Waals surface area contributed by atoms with E-state index in [9.17, 15) is 9.59 Å². The molecule has 0 fully saturated rings. The van der Waals surface area contributed by atoms with E-state index in [1.54, 1.807) is 4.90 Å². The summed E-state index contributed by atoms with van der Waals surface area (Å²) in [4.78, 5) is 22.8. The summed E-state index contributed by atoms with van der Waals surface area (Å²) in [6.45, 7) is 4.37. The Bertz CT molecular complexity index is 177. The molecule has 76 valence electrons. The summed E-state index contributed by atoms with van der Waals surface area (Å²) in [5.74, 6) is -1.24. The van der Waals surface area contributed by atoms with Crippen molar-refractivity contribution in [3.63, 3.8) is 0 Å². The zero-order valence-corrected chi connectivity index (χ0v) is 7.95. The highest BCUT2D eigenvalue weighted by atomic mass is 16.5. The second-order valence-corrected chi connectivity index (χ2v) is 2.45. The van der Waals surface area contributed by atoms with Crippen LogP contribution in [-0.4, -0.2) is 48.2 Å². The standard InChI is InChI=1S/C8H15NO4/c1-3-9(4-2)7(10)5-13-6-8(11)12/h3-6H2,1-2H3,(H,11,12). The van der Waals surface area contributed by atoms with E-state index in [2.05, 4.69) is 4.74 Å². The molecule has 0 aliphatic carbocycles. The lowest BCUT2D eigenvalue weighted by Crippen LogP contribution is -2.34. The number of aliphatic carboxylic acids is 1. The molecule has 1 N–H and O–H groups in total. The van der Waals surface area contributed by atoms with E-state index in [4.69, 9.17) is 5.11 Å². The largest absolute Gasteiger partial charge is 0.480 e. The van der Waals surface area contributed by atoms with Crippen molar-refractivity contribution in [2.45, 2.75) is 13.8 Å². The zero-order chi connectivity index (χ0) is 10.3. The van der Waals surface area contributed by atoms with Gasteiger partial charge in [0.05, 0.1) is 0 Å². The minimum atomic E-state index is -1.06. The van der Waals surface area contributed by atoms with Crippen LogP contribution in [0.2, 0.25) is 0 Å². The molecule has 0 atom stereocenters. The van der Waals surface area contributed by atoms with Gasteiger partial charge < -0.3 is 14.7 Å². The highest BCUT2D eigenvalue weighted by Gasteiger charge is 2.09. The molecule has 5 nitrogen and oxygen atoms in total. The maximum absolute atomic E-state index is 11.2. The Labute approximate surface area is 77.3 Å². The van der Waals surface area contributed by atoms with E-state index in [1.165, 1.54) is 0 Å². The number of carboxylic acids is 1. The Balaban J connectivity index is 3.66. The number of hydrogen-bond donors (Lipinski definition) is 1. The van der Waals surface area contributed by atoms with Crippen molar-refractivity contribution in [2.75, 3.05) is 26.3 Å². The highest BCUT2D eigenvalue weighted by Crippen LogP contribution is 1.89. The van der Waals surface area contributed by atoms with Crippen molar-refractivity contribution in [3.8, 4) is 0 Å². The SMILES string of the molecule is CCN(CC)C(=O)COCC(=O)O. The molecule has 0 rings (SSSR count). The third-order valence-electron chi connectivity index (χ3n) is 1.57. The summed E-state index contributed by atoms with van der Waals surface area (Å²) in [7, 11) is 0. The van der Waals surface area contributed by atoms with Gasteiger partial charge in [0.2, 0.25) is 5.91 Å². The molecular formula is C8H15NO4. The van der Waals surface area contributed by atoms with E-state index >= 15 is 0 Å². The maximum Gasteiger partial charge on any atom is 0.329 e. The van der Waals surface area contributed by atoms with Gasteiger partial charge >= 0.3 is 5.97 Å². The summed E-state index contributed by atoms with van der Waals surface area (Å²) in [6, 6.07) is 0. The van der Waals surface area contributed by atoms with Crippen molar-refractivity contribution < 1.29 is 19.4 Å². The van der Waals surface area contributed by atoms with Crippen molar-refractivity contribution >= 4 is 11.9 Å². The van der Waals surface area contributed by atoms with Crippen LogP contribution in [0.5, 0.6) is 0 Å². The monoisotopic (exact) mass is 189 g/mol. The fourth-order valence-corrected chi connectivity index (χ4v) is 0.893. The number of nitrogens with zero attached hydrogens (tertiary/aromatic N) is 1. The molecule has 1 amide bonds. The minimum absolute atomic E-state index is 0.159. The van der Waals surface area contributed by atoms with Gasteiger partial charge in [-0.1, -0.05) is 0 Å². The fourth-order valence-electron chi connectivity index (χ4n) is 0.893. The average Bonchev–Trinajstić information content (AvgIpc) is 2.05. The van der Waals surface area contributed by atoms with Crippen LogP contribution in [0.25, 0.3) is 0 Å². The van der Waals surface area contributed by atoms with Gasteiger partial charge in [0, 0.05) is 13.1 Å². The topological polar surface area (TPSA) is 66.8 Å². The second-order valence-electron chi connectivity index (χ2n) is 2.45. The molecule has 0 saturated heterocycles. The summed E-state index contributed by atoms with van der Waals surface area (Å²) in [5.41, 5.74) is 0. The van der Waals surface area contributed by atoms with E-state index in [0.717, 1.165) is 0 Å². The van der Waals surface area contributed by atoms with Crippen molar-refractivity contribution in [2.24, 2.45) is 0 Å². The third-order valence-corrected chi connectivity index (χ3v) is 1.57. The Morgan fingerprint density at radius 2 is 1.77 bits per heavy atom. The normalized spacial score (nSPS) is 9.69. The van der Waals surface area contributed by atoms with Crippen LogP contribution in [-0.2, 0) is 14.3 Å². The van der Waals surface area contributed by atoms with Crippen molar-refractivity contribution in [1.82, 2.24) is 4.90 Å². The Morgan fingerprint density at radius 1 is 1.23 bits per heavy atom. The molecule has 0 bridgehead atoms. The van der Waals surface area contributed by atoms with Crippen LogP contribution in [0, 0.1) is 0 Å². The van der Waals surface area contributed by atoms with Crippen LogP contribution in [0.4, 0.5) is 0 Å². The first-order valence-electron chi connectivity index (χ1n) is 4.19. The molecule has 0 unspecified atom stereocenters. The van der Waals surface area contributed by atoms with Gasteiger partial charge in [-0.05, 0) is 13.8 Å². The molecule has 5 heteroatoms. The quantitative estimate of drug-likeness (QED) is 0.636. The predicted molar refractivity (Wildman–Crippen MR) is 46.4 cm³/mol. The fraction of sp³-hybridized carbons (Fsp3) is 0.750. The summed E-state index contributed by atoms with van der Waals surface area (Å²) in [5, 5.41) is 8.23. The van der Waals surface area contributed by atoms with Crippen LogP contribution >= 0.6 is 0 Å². The molecule has 0 saturated carbocycles. The maximum atomic E-state index is 11.2. The molecular weight excluding hydrogens is 174 g/mol. The molecule has 0 heterocycles. The average molecular weight is 189 g/mol. The highest BCUT2D eigenvalue weighted by molar-refractivity contribution is 5.77. The molecule has 0 aromatic rings. The van der Waals surface area contributed by atoms with Gasteiger partial charge in [-0.3, -0.25) is 4.79 Å². The predicted octanol–water partition coefficient (Wildman–Crippen LogP) is -0.0440. The molecule has 0 spiro atoms. The summed E-state index contributed by atoms with van der Waals surface area (Å²) >= 11 is 0. The number of amides is 1. The number of carbonyl (C=O) groups excluding carboxylic acids is 1. The van der Waals surface area contributed by atoms with Crippen molar-refractivity contribution in [1.29, 1.82) is 0 Å². The van der Waals surface area contributed by atoms with Crippen LogP contribution in [0.1, 0.15) is 13.8 Å². The molecule has 13 heavy (non-hydrogen) atoms. The zero-order valence-electron chi connectivity index (χ0n) is 7.95. The first-order chi connectivity index (χ1) is 6.11. The Hall–Kier alpha value is -1.10. The van der Waals surface area contributed by atoms with Gasteiger partial charge in [0.15, 0.2) is 0 Å². The lowest BCUT2D eigenvalue weighted by atomic mass is 10.4.